The van der Waals surface area contributed by atoms with Gasteiger partial charge in [-0.25, -0.2) is 9.18 Å². The molecule has 1 aromatic carbocycles. The van der Waals surface area contributed by atoms with Gasteiger partial charge in [-0.05, 0) is 26.0 Å². The summed E-state index contributed by atoms with van der Waals surface area (Å²) in [7, 11) is 0. The van der Waals surface area contributed by atoms with E-state index in [1.165, 1.54) is 6.07 Å². The summed E-state index contributed by atoms with van der Waals surface area (Å²) in [5, 5.41) is 2.50. The van der Waals surface area contributed by atoms with Gasteiger partial charge in [0.2, 0.25) is 5.91 Å². The second-order valence-corrected chi connectivity index (χ2v) is 4.78. The third-order valence-corrected chi connectivity index (χ3v) is 3.26. The number of hydrogen-bond donors (Lipinski definition) is 1. The molecule has 1 amide bonds. The third kappa shape index (κ3) is 5.30. The van der Waals surface area contributed by atoms with Crippen molar-refractivity contribution in [3.63, 3.8) is 0 Å². The largest absolute Gasteiger partial charge is 0.464 e. The minimum atomic E-state index is -0.700. The summed E-state index contributed by atoms with van der Waals surface area (Å²) in [6.45, 7) is 3.51. The van der Waals surface area contributed by atoms with Gasteiger partial charge in [0.1, 0.15) is 11.9 Å². The zero-order valence-corrected chi connectivity index (χ0v) is 11.6. The zero-order chi connectivity index (χ0) is 14.3. The number of nitrogens with one attached hydrogen (secondary N) is 1. The van der Waals surface area contributed by atoms with E-state index in [2.05, 4.69) is 5.32 Å². The summed E-state index contributed by atoms with van der Waals surface area (Å²) in [6.07, 6.45) is 0. The van der Waals surface area contributed by atoms with Gasteiger partial charge in [0, 0.05) is 4.90 Å². The van der Waals surface area contributed by atoms with Crippen LogP contribution in [0.1, 0.15) is 13.8 Å². The molecule has 19 heavy (non-hydrogen) atoms. The molecule has 0 saturated heterocycles. The van der Waals surface area contributed by atoms with Crippen LogP contribution in [0, 0.1) is 5.82 Å². The van der Waals surface area contributed by atoms with Crippen molar-refractivity contribution in [3.8, 4) is 0 Å². The van der Waals surface area contributed by atoms with Crippen molar-refractivity contribution in [3.05, 3.63) is 30.1 Å². The van der Waals surface area contributed by atoms with Crippen LogP contribution in [0.15, 0.2) is 29.2 Å². The Morgan fingerprint density at radius 1 is 1.42 bits per heavy atom. The molecule has 0 radical (unpaired) electrons. The van der Waals surface area contributed by atoms with Crippen LogP contribution in [0.25, 0.3) is 0 Å². The van der Waals surface area contributed by atoms with E-state index in [-0.39, 0.29) is 24.1 Å². The first kappa shape index (κ1) is 15.5. The van der Waals surface area contributed by atoms with E-state index in [0.717, 1.165) is 11.8 Å². The maximum Gasteiger partial charge on any atom is 0.328 e. The molecule has 1 rings (SSSR count). The van der Waals surface area contributed by atoms with Crippen LogP contribution in [0.3, 0.4) is 0 Å². The molecule has 104 valence electrons. The van der Waals surface area contributed by atoms with Crippen molar-refractivity contribution in [2.24, 2.45) is 0 Å². The monoisotopic (exact) mass is 285 g/mol. The van der Waals surface area contributed by atoms with Crippen molar-refractivity contribution in [1.82, 2.24) is 5.32 Å². The molecule has 1 aromatic rings. The first-order valence-corrected chi connectivity index (χ1v) is 6.86. The third-order valence-electron chi connectivity index (χ3n) is 2.21. The molecule has 4 nitrogen and oxygen atoms in total. The molecule has 0 saturated carbocycles. The summed E-state index contributed by atoms with van der Waals surface area (Å²) in [6, 6.07) is 5.52. The predicted octanol–water partition coefficient (Wildman–Crippen LogP) is 1.99. The maximum atomic E-state index is 13.3. The fourth-order valence-electron chi connectivity index (χ4n) is 1.31. The van der Waals surface area contributed by atoms with Crippen molar-refractivity contribution < 1.29 is 18.7 Å². The van der Waals surface area contributed by atoms with E-state index in [1.807, 2.05) is 0 Å². The smallest absolute Gasteiger partial charge is 0.328 e. The number of rotatable bonds is 6. The van der Waals surface area contributed by atoms with E-state index in [0.29, 0.717) is 4.90 Å². The first-order chi connectivity index (χ1) is 9.04. The van der Waals surface area contributed by atoms with Crippen molar-refractivity contribution in [2.75, 3.05) is 12.4 Å². The lowest BCUT2D eigenvalue weighted by Gasteiger charge is -2.12. The highest BCUT2D eigenvalue weighted by Crippen LogP contribution is 2.20. The highest BCUT2D eigenvalue weighted by atomic mass is 32.2. The number of ether oxygens (including phenoxy) is 1. The van der Waals surface area contributed by atoms with Crippen LogP contribution in [0.4, 0.5) is 4.39 Å². The van der Waals surface area contributed by atoms with Crippen molar-refractivity contribution in [2.45, 2.75) is 24.8 Å². The molecular formula is C13H16FNO3S. The molecule has 0 fully saturated rings. The van der Waals surface area contributed by atoms with E-state index in [9.17, 15) is 14.0 Å². The molecule has 0 aliphatic carbocycles. The highest BCUT2D eigenvalue weighted by Gasteiger charge is 2.16. The SMILES string of the molecule is CCOC(=O)C(C)NC(=O)CSc1ccccc1F. The molecule has 0 heterocycles. The van der Waals surface area contributed by atoms with Gasteiger partial charge in [0.05, 0.1) is 12.4 Å². The molecule has 1 N–H and O–H groups in total. The summed E-state index contributed by atoms with van der Waals surface area (Å²) in [5.74, 6) is -1.13. The fourth-order valence-corrected chi connectivity index (χ4v) is 2.07. The van der Waals surface area contributed by atoms with Crippen LogP contribution >= 0.6 is 11.8 Å². The Bertz CT molecular complexity index is 453. The van der Waals surface area contributed by atoms with E-state index in [4.69, 9.17) is 4.74 Å². The average molecular weight is 285 g/mol. The molecule has 0 aliphatic heterocycles. The van der Waals surface area contributed by atoms with Gasteiger partial charge in [-0.3, -0.25) is 4.79 Å². The molecule has 1 atom stereocenters. The molecular weight excluding hydrogens is 269 g/mol. The number of carbonyl (C=O) groups is 2. The number of halogens is 1. The van der Waals surface area contributed by atoms with Crippen LogP contribution in [-0.2, 0) is 14.3 Å². The summed E-state index contributed by atoms with van der Waals surface area (Å²) >= 11 is 1.08. The van der Waals surface area contributed by atoms with Gasteiger partial charge in [0.15, 0.2) is 0 Å². The van der Waals surface area contributed by atoms with Crippen LogP contribution in [0.2, 0.25) is 0 Å². The molecule has 1 unspecified atom stereocenters. The fraction of sp³-hybridized carbons (Fsp3) is 0.385. The number of benzene rings is 1. The van der Waals surface area contributed by atoms with Crippen LogP contribution < -0.4 is 5.32 Å². The quantitative estimate of drug-likeness (QED) is 0.641. The van der Waals surface area contributed by atoms with Gasteiger partial charge >= 0.3 is 5.97 Å². The average Bonchev–Trinajstić information content (AvgIpc) is 2.38. The number of hydrogen-bond acceptors (Lipinski definition) is 4. The second-order valence-electron chi connectivity index (χ2n) is 3.76. The summed E-state index contributed by atoms with van der Waals surface area (Å²) in [4.78, 5) is 23.3. The summed E-state index contributed by atoms with van der Waals surface area (Å²) < 4.78 is 18.1. The molecule has 0 aromatic heterocycles. The minimum Gasteiger partial charge on any atom is -0.464 e. The summed E-state index contributed by atoms with van der Waals surface area (Å²) in [5.41, 5.74) is 0. The normalized spacial score (nSPS) is 11.7. The Balaban J connectivity index is 2.40. The number of thioether (sulfide) groups is 1. The van der Waals surface area contributed by atoms with Crippen molar-refractivity contribution >= 4 is 23.6 Å². The standard InChI is InChI=1S/C13H16FNO3S/c1-3-18-13(17)9(2)15-12(16)8-19-11-7-5-4-6-10(11)14/h4-7,9H,3,8H2,1-2H3,(H,15,16). The van der Waals surface area contributed by atoms with E-state index < -0.39 is 12.0 Å². The van der Waals surface area contributed by atoms with E-state index in [1.54, 1.807) is 32.0 Å². The Kier molecular flexibility index (Phi) is 6.35. The van der Waals surface area contributed by atoms with Gasteiger partial charge in [0.25, 0.3) is 0 Å². The lowest BCUT2D eigenvalue weighted by atomic mass is 10.3. The predicted molar refractivity (Wildman–Crippen MR) is 71.4 cm³/mol. The zero-order valence-electron chi connectivity index (χ0n) is 10.8. The van der Waals surface area contributed by atoms with Crippen LogP contribution in [0.5, 0.6) is 0 Å². The maximum absolute atomic E-state index is 13.3. The number of amides is 1. The Hall–Kier alpha value is -1.56. The molecule has 0 aliphatic rings. The molecule has 0 spiro atoms. The van der Waals surface area contributed by atoms with Gasteiger partial charge < -0.3 is 10.1 Å². The second kappa shape index (κ2) is 7.78. The number of esters is 1. The topological polar surface area (TPSA) is 55.4 Å². The lowest BCUT2D eigenvalue weighted by Crippen LogP contribution is -2.40. The Morgan fingerprint density at radius 2 is 2.11 bits per heavy atom. The Morgan fingerprint density at radius 3 is 2.74 bits per heavy atom. The number of carbonyl (C=O) groups excluding carboxylic acids is 2. The van der Waals surface area contributed by atoms with Gasteiger partial charge in [-0.2, -0.15) is 0 Å². The van der Waals surface area contributed by atoms with Crippen LogP contribution in [-0.4, -0.2) is 30.3 Å². The highest BCUT2D eigenvalue weighted by molar-refractivity contribution is 8.00. The molecule has 0 bridgehead atoms. The van der Waals surface area contributed by atoms with Gasteiger partial charge in [-0.1, -0.05) is 12.1 Å². The lowest BCUT2D eigenvalue weighted by molar-refractivity contribution is -0.146. The first-order valence-electron chi connectivity index (χ1n) is 5.88. The van der Waals surface area contributed by atoms with Crippen molar-refractivity contribution in [1.29, 1.82) is 0 Å². The minimum absolute atomic E-state index is 0.0463. The Labute approximate surface area is 115 Å². The van der Waals surface area contributed by atoms with E-state index >= 15 is 0 Å². The molecule has 6 heteroatoms. The van der Waals surface area contributed by atoms with Gasteiger partial charge in [-0.15, -0.1) is 11.8 Å².